The Hall–Kier alpha value is -2.54. The minimum Gasteiger partial charge on any atom is -0.493 e. The van der Waals surface area contributed by atoms with Gasteiger partial charge < -0.3 is 24.4 Å². The Morgan fingerprint density at radius 3 is 2.71 bits per heavy atom. The second-order valence-electron chi connectivity index (χ2n) is 7.22. The van der Waals surface area contributed by atoms with E-state index in [-0.39, 0.29) is 0 Å². The maximum absolute atomic E-state index is 6.19. The Balaban J connectivity index is 1.41. The topological polar surface area (TPSA) is 68.7 Å². The predicted octanol–water partition coefficient (Wildman–Crippen LogP) is 3.26. The number of rotatable bonds is 7. The fourth-order valence-corrected chi connectivity index (χ4v) is 3.71. The van der Waals surface area contributed by atoms with E-state index in [4.69, 9.17) is 14.2 Å². The van der Waals surface area contributed by atoms with Gasteiger partial charge in [-0.05, 0) is 43.4 Å². The molecule has 0 spiro atoms. The zero-order valence-electron chi connectivity index (χ0n) is 16.4. The average Bonchev–Trinajstić information content (AvgIpc) is 3.26. The molecule has 1 saturated carbocycles. The molecule has 7 nitrogen and oxygen atoms in total. The van der Waals surface area contributed by atoms with E-state index < -0.39 is 0 Å². The predicted molar refractivity (Wildman–Crippen MR) is 108 cm³/mol. The van der Waals surface area contributed by atoms with Crippen LogP contribution >= 0.6 is 0 Å². The number of hydrogen-bond donors (Lipinski definition) is 1. The number of benzene rings is 1. The highest BCUT2D eigenvalue weighted by atomic mass is 16.5. The lowest BCUT2D eigenvalue weighted by atomic mass is 10.2. The van der Waals surface area contributed by atoms with Gasteiger partial charge in [-0.2, -0.15) is 0 Å². The van der Waals surface area contributed by atoms with Crippen molar-refractivity contribution < 1.29 is 14.2 Å². The number of methoxy groups -OCH3 is 1. The van der Waals surface area contributed by atoms with Gasteiger partial charge in [-0.1, -0.05) is 6.07 Å². The molecule has 1 aromatic heterocycles. The highest BCUT2D eigenvalue weighted by molar-refractivity contribution is 5.50. The van der Waals surface area contributed by atoms with Crippen LogP contribution in [-0.4, -0.2) is 49.5 Å². The summed E-state index contributed by atoms with van der Waals surface area (Å²) in [4.78, 5) is 11.0. The summed E-state index contributed by atoms with van der Waals surface area (Å²) in [6.45, 7) is 3.85. The standard InChI is InChI=1S/C21H28N4O3/c1-26-18-7-6-16(12-19(18)28-17-4-2-3-5-17)14-22-20-13-21(24-15-23-20)25-8-10-27-11-9-25/h6-7,12-13,15,17H,2-5,8-11,14H2,1H3,(H,22,23,24). The van der Waals surface area contributed by atoms with Crippen molar-refractivity contribution in [2.75, 3.05) is 43.6 Å². The van der Waals surface area contributed by atoms with Crippen LogP contribution in [-0.2, 0) is 11.3 Å². The maximum atomic E-state index is 6.19. The molecule has 4 rings (SSSR count). The molecule has 1 saturated heterocycles. The summed E-state index contributed by atoms with van der Waals surface area (Å²) in [5.74, 6) is 3.35. The quantitative estimate of drug-likeness (QED) is 0.786. The monoisotopic (exact) mass is 384 g/mol. The summed E-state index contributed by atoms with van der Waals surface area (Å²) in [5.41, 5.74) is 1.13. The normalized spacial score (nSPS) is 17.5. The molecule has 0 atom stereocenters. The van der Waals surface area contributed by atoms with E-state index in [0.717, 1.165) is 67.8 Å². The van der Waals surface area contributed by atoms with Crippen molar-refractivity contribution in [3.63, 3.8) is 0 Å². The molecule has 7 heteroatoms. The zero-order valence-corrected chi connectivity index (χ0v) is 16.4. The minimum absolute atomic E-state index is 0.301. The maximum Gasteiger partial charge on any atom is 0.161 e. The van der Waals surface area contributed by atoms with E-state index in [9.17, 15) is 0 Å². The molecule has 1 N–H and O–H groups in total. The third-order valence-electron chi connectivity index (χ3n) is 5.29. The van der Waals surface area contributed by atoms with Crippen molar-refractivity contribution in [3.8, 4) is 11.5 Å². The number of nitrogens with zero attached hydrogens (tertiary/aromatic N) is 3. The van der Waals surface area contributed by atoms with Crippen LogP contribution in [0.15, 0.2) is 30.6 Å². The van der Waals surface area contributed by atoms with Crippen molar-refractivity contribution in [1.29, 1.82) is 0 Å². The van der Waals surface area contributed by atoms with Crippen molar-refractivity contribution >= 4 is 11.6 Å². The van der Waals surface area contributed by atoms with Crippen LogP contribution in [0, 0.1) is 0 Å². The number of nitrogens with one attached hydrogen (secondary N) is 1. The lowest BCUT2D eigenvalue weighted by molar-refractivity contribution is 0.122. The summed E-state index contributed by atoms with van der Waals surface area (Å²) in [6.07, 6.45) is 6.64. The average molecular weight is 384 g/mol. The largest absolute Gasteiger partial charge is 0.493 e. The molecular weight excluding hydrogens is 356 g/mol. The Morgan fingerprint density at radius 2 is 1.93 bits per heavy atom. The van der Waals surface area contributed by atoms with Crippen LogP contribution in [0.3, 0.4) is 0 Å². The fraction of sp³-hybridized carbons (Fsp3) is 0.524. The van der Waals surface area contributed by atoms with Gasteiger partial charge in [0.2, 0.25) is 0 Å². The molecule has 2 fully saturated rings. The van der Waals surface area contributed by atoms with Gasteiger partial charge in [-0.3, -0.25) is 0 Å². The summed E-state index contributed by atoms with van der Waals surface area (Å²) in [7, 11) is 1.68. The van der Waals surface area contributed by atoms with E-state index in [0.29, 0.717) is 12.6 Å². The minimum atomic E-state index is 0.301. The first-order valence-electron chi connectivity index (χ1n) is 10.0. The molecule has 1 aliphatic carbocycles. The van der Waals surface area contributed by atoms with Crippen molar-refractivity contribution in [3.05, 3.63) is 36.2 Å². The first kappa shape index (κ1) is 18.8. The van der Waals surface area contributed by atoms with Gasteiger partial charge in [0.25, 0.3) is 0 Å². The van der Waals surface area contributed by atoms with Crippen LogP contribution < -0.4 is 19.7 Å². The molecule has 1 aromatic carbocycles. The van der Waals surface area contributed by atoms with E-state index in [1.54, 1.807) is 13.4 Å². The third-order valence-corrected chi connectivity index (χ3v) is 5.29. The van der Waals surface area contributed by atoms with Crippen molar-refractivity contribution in [2.45, 2.75) is 38.3 Å². The van der Waals surface area contributed by atoms with E-state index in [1.165, 1.54) is 12.8 Å². The third kappa shape index (κ3) is 4.65. The zero-order chi connectivity index (χ0) is 19.2. The lowest BCUT2D eigenvalue weighted by Gasteiger charge is -2.27. The number of morpholine rings is 1. The van der Waals surface area contributed by atoms with E-state index in [2.05, 4.69) is 32.3 Å². The second-order valence-corrected chi connectivity index (χ2v) is 7.22. The van der Waals surface area contributed by atoms with Crippen LogP contribution in [0.2, 0.25) is 0 Å². The van der Waals surface area contributed by atoms with Gasteiger partial charge in [-0.15, -0.1) is 0 Å². The number of hydrogen-bond acceptors (Lipinski definition) is 7. The van der Waals surface area contributed by atoms with Crippen LogP contribution in [0.4, 0.5) is 11.6 Å². The Labute approximate surface area is 166 Å². The molecular formula is C21H28N4O3. The smallest absolute Gasteiger partial charge is 0.161 e. The first-order chi connectivity index (χ1) is 13.8. The highest BCUT2D eigenvalue weighted by Gasteiger charge is 2.19. The molecule has 0 amide bonds. The Morgan fingerprint density at radius 1 is 1.11 bits per heavy atom. The SMILES string of the molecule is COc1ccc(CNc2cc(N3CCOCC3)ncn2)cc1OC1CCCC1. The summed E-state index contributed by atoms with van der Waals surface area (Å²) >= 11 is 0. The lowest BCUT2D eigenvalue weighted by Crippen LogP contribution is -2.36. The fourth-order valence-electron chi connectivity index (χ4n) is 3.71. The van der Waals surface area contributed by atoms with Gasteiger partial charge in [0, 0.05) is 25.7 Å². The van der Waals surface area contributed by atoms with Crippen LogP contribution in [0.1, 0.15) is 31.2 Å². The van der Waals surface area contributed by atoms with Gasteiger partial charge >= 0.3 is 0 Å². The van der Waals surface area contributed by atoms with Gasteiger partial charge in [0.05, 0.1) is 26.4 Å². The molecule has 28 heavy (non-hydrogen) atoms. The molecule has 2 aromatic rings. The van der Waals surface area contributed by atoms with Crippen LogP contribution in [0.5, 0.6) is 11.5 Å². The van der Waals surface area contributed by atoms with Gasteiger partial charge in [0.1, 0.15) is 18.0 Å². The number of ether oxygens (including phenoxy) is 3. The second kappa shape index (κ2) is 9.10. The summed E-state index contributed by atoms with van der Waals surface area (Å²) in [6, 6.07) is 8.08. The molecule has 1 aliphatic heterocycles. The highest BCUT2D eigenvalue weighted by Crippen LogP contribution is 2.32. The van der Waals surface area contributed by atoms with Gasteiger partial charge in [-0.25, -0.2) is 9.97 Å². The molecule has 150 valence electrons. The molecule has 2 aliphatic rings. The van der Waals surface area contributed by atoms with Crippen molar-refractivity contribution in [1.82, 2.24) is 9.97 Å². The number of anilines is 2. The number of aromatic nitrogens is 2. The van der Waals surface area contributed by atoms with E-state index in [1.807, 2.05) is 12.1 Å². The van der Waals surface area contributed by atoms with Gasteiger partial charge in [0.15, 0.2) is 11.5 Å². The Bertz CT molecular complexity index is 774. The molecule has 2 heterocycles. The molecule has 0 unspecified atom stereocenters. The summed E-state index contributed by atoms with van der Waals surface area (Å²) < 4.78 is 17.1. The molecule has 0 bridgehead atoms. The Kier molecular flexibility index (Phi) is 6.11. The summed E-state index contributed by atoms with van der Waals surface area (Å²) in [5, 5.41) is 3.39. The van der Waals surface area contributed by atoms with Crippen LogP contribution in [0.25, 0.3) is 0 Å². The molecule has 0 radical (unpaired) electrons. The van der Waals surface area contributed by atoms with Crippen molar-refractivity contribution in [2.24, 2.45) is 0 Å². The van der Waals surface area contributed by atoms with E-state index >= 15 is 0 Å². The first-order valence-corrected chi connectivity index (χ1v) is 10.0.